The Morgan fingerprint density at radius 3 is 2.20 bits per heavy atom. The number of imide groups is 1. The van der Waals surface area contributed by atoms with Crippen LogP contribution >= 0.6 is 0 Å². The molecule has 3 heterocycles. The van der Waals surface area contributed by atoms with Gasteiger partial charge < -0.3 is 5.11 Å². The van der Waals surface area contributed by atoms with Crippen LogP contribution in [0.5, 0.6) is 5.75 Å². The molecule has 1 aromatic heterocycles. The first-order chi connectivity index (χ1) is 21.0. The molecule has 2 fully saturated rings. The van der Waals surface area contributed by atoms with Crippen molar-refractivity contribution in [3.05, 3.63) is 127 Å². The average Bonchev–Trinajstić information content (AvgIpc) is 3.37. The zero-order chi connectivity index (χ0) is 31.1. The third kappa shape index (κ3) is 3.66. The van der Waals surface area contributed by atoms with Crippen LogP contribution in [-0.2, 0) is 28.6 Å². The van der Waals surface area contributed by atoms with Gasteiger partial charge in [0, 0.05) is 13.0 Å². The summed E-state index contributed by atoms with van der Waals surface area (Å²) >= 11 is 0. The van der Waals surface area contributed by atoms with E-state index in [-0.39, 0.29) is 18.7 Å². The molecular formula is C34H33N5O5. The molecule has 2 aliphatic heterocycles. The summed E-state index contributed by atoms with van der Waals surface area (Å²) in [5.74, 6) is -2.18. The third-order valence-corrected chi connectivity index (χ3v) is 9.69. The number of amides is 2. The van der Waals surface area contributed by atoms with Gasteiger partial charge in [-0.25, -0.2) is 23.5 Å². The molecule has 1 aliphatic carbocycles. The summed E-state index contributed by atoms with van der Waals surface area (Å²) in [5, 5.41) is 11.8. The number of hydrazine groups is 1. The summed E-state index contributed by atoms with van der Waals surface area (Å²) in [6.07, 6.45) is 2.08. The number of benzene rings is 3. The molecule has 10 heteroatoms. The molecule has 1 saturated heterocycles. The van der Waals surface area contributed by atoms with Crippen LogP contribution in [-0.4, -0.2) is 35.9 Å². The van der Waals surface area contributed by atoms with Crippen LogP contribution < -0.4 is 16.8 Å². The first-order valence-corrected chi connectivity index (χ1v) is 14.7. The highest BCUT2D eigenvalue weighted by Gasteiger charge is 2.68. The van der Waals surface area contributed by atoms with Crippen molar-refractivity contribution < 1.29 is 14.7 Å². The quantitative estimate of drug-likeness (QED) is 0.277. The van der Waals surface area contributed by atoms with Crippen molar-refractivity contribution in [2.24, 2.45) is 13.0 Å². The number of nitrogens with zero attached hydrogens (tertiary/aromatic N) is 4. The molecule has 2 amide bonds. The van der Waals surface area contributed by atoms with Crippen LogP contribution in [0.15, 0.2) is 88.0 Å². The van der Waals surface area contributed by atoms with Crippen LogP contribution in [0.2, 0.25) is 0 Å². The second-order valence-electron chi connectivity index (χ2n) is 12.2. The van der Waals surface area contributed by atoms with E-state index in [9.17, 15) is 19.5 Å². The largest absolute Gasteiger partial charge is 0.507 e. The van der Waals surface area contributed by atoms with Gasteiger partial charge in [-0.15, -0.1) is 0 Å². The molecule has 3 aromatic carbocycles. The topological polar surface area (TPSA) is 119 Å². The number of phenolic OH excluding ortho intramolecular Hbond substituents is 1. The van der Waals surface area contributed by atoms with E-state index in [2.05, 4.69) is 5.43 Å². The van der Waals surface area contributed by atoms with Crippen molar-refractivity contribution in [1.82, 2.24) is 18.9 Å². The number of hydrogen-bond acceptors (Lipinski definition) is 6. The number of aromatic hydroxyl groups is 1. The number of carbonyl (C=O) groups is 2. The van der Waals surface area contributed by atoms with Gasteiger partial charge in [0.25, 0.3) is 11.8 Å². The Morgan fingerprint density at radius 2 is 1.55 bits per heavy atom. The predicted molar refractivity (Wildman–Crippen MR) is 164 cm³/mol. The Kier molecular flexibility index (Phi) is 6.11. The molecule has 224 valence electrons. The molecule has 4 aromatic rings. The Balaban J connectivity index is 1.52. The summed E-state index contributed by atoms with van der Waals surface area (Å²) in [7, 11) is 1.45. The van der Waals surface area contributed by atoms with E-state index in [0.717, 1.165) is 26.3 Å². The summed E-state index contributed by atoms with van der Waals surface area (Å²) in [4.78, 5) is 56.1. The highest BCUT2D eigenvalue weighted by atomic mass is 16.3. The third-order valence-electron chi connectivity index (χ3n) is 9.69. The lowest BCUT2D eigenvalue weighted by atomic mass is 9.53. The van der Waals surface area contributed by atoms with Gasteiger partial charge in [0.2, 0.25) is 0 Å². The first-order valence-electron chi connectivity index (χ1n) is 14.7. The Labute approximate surface area is 253 Å². The van der Waals surface area contributed by atoms with Crippen molar-refractivity contribution in [1.29, 1.82) is 0 Å². The van der Waals surface area contributed by atoms with Crippen molar-refractivity contribution >= 4 is 17.5 Å². The van der Waals surface area contributed by atoms with Gasteiger partial charge >= 0.3 is 11.4 Å². The van der Waals surface area contributed by atoms with Crippen LogP contribution in [0.1, 0.15) is 46.2 Å². The van der Waals surface area contributed by atoms with Gasteiger partial charge in [-0.1, -0.05) is 66.2 Å². The van der Waals surface area contributed by atoms with E-state index in [0.29, 0.717) is 22.4 Å². The number of fused-ring (bicyclic) bond motifs is 4. The standard InChI is InChI=1S/C34H33N5O5/c1-19-10-12-24(13-11-19)35-38-30(41)26-18-27-25(14-15-37-32(43)36(4)33(44)39(27)37)28(22-16-20(2)29(40)21(3)17-22)34(26,31(38)42)23-8-6-5-7-9-23/h5-14,16-17,26-28,35,40H,15,18H2,1-4H3. The molecule has 0 radical (unpaired) electrons. The minimum Gasteiger partial charge on any atom is -0.507 e. The molecule has 0 spiro atoms. The molecule has 3 aliphatic rings. The highest BCUT2D eigenvalue weighted by Crippen LogP contribution is 2.62. The predicted octanol–water partition coefficient (Wildman–Crippen LogP) is 3.60. The Bertz CT molecular complexity index is 1980. The Hall–Kier alpha value is -5.12. The first kappa shape index (κ1) is 27.7. The number of anilines is 1. The highest BCUT2D eigenvalue weighted by molar-refractivity contribution is 6.12. The van der Waals surface area contributed by atoms with Crippen LogP contribution in [0.25, 0.3) is 0 Å². The SMILES string of the molecule is Cc1ccc(NN2C(=O)C3CC4C(=CCn5c(=O)n(C)c(=O)n54)C(c4cc(C)c(O)c(C)c4)C3(c3ccccc3)C2=O)cc1. The monoisotopic (exact) mass is 591 g/mol. The summed E-state index contributed by atoms with van der Waals surface area (Å²) < 4.78 is 3.93. The molecule has 1 saturated carbocycles. The van der Waals surface area contributed by atoms with Crippen molar-refractivity contribution in [3.8, 4) is 5.75 Å². The Morgan fingerprint density at radius 1 is 0.886 bits per heavy atom. The van der Waals surface area contributed by atoms with Gasteiger partial charge in [0.15, 0.2) is 0 Å². The summed E-state index contributed by atoms with van der Waals surface area (Å²) in [6.45, 7) is 5.72. The number of nitrogens with one attached hydrogen (secondary N) is 1. The van der Waals surface area contributed by atoms with Crippen LogP contribution in [0, 0.1) is 26.7 Å². The van der Waals surface area contributed by atoms with Gasteiger partial charge in [-0.3, -0.25) is 15.0 Å². The fourth-order valence-electron chi connectivity index (χ4n) is 7.65. The summed E-state index contributed by atoms with van der Waals surface area (Å²) in [6, 6.07) is 19.9. The van der Waals surface area contributed by atoms with E-state index in [1.54, 1.807) is 13.8 Å². The molecule has 44 heavy (non-hydrogen) atoms. The number of phenols is 1. The maximum absolute atomic E-state index is 15.0. The maximum Gasteiger partial charge on any atom is 0.347 e. The molecule has 7 rings (SSSR count). The zero-order valence-electron chi connectivity index (χ0n) is 24.9. The number of hydrogen-bond donors (Lipinski definition) is 2. The smallest absolute Gasteiger partial charge is 0.347 e. The molecule has 10 nitrogen and oxygen atoms in total. The molecule has 4 unspecified atom stereocenters. The second-order valence-corrected chi connectivity index (χ2v) is 12.2. The van der Waals surface area contributed by atoms with Crippen molar-refractivity contribution in [2.75, 3.05) is 5.43 Å². The minimum atomic E-state index is -1.37. The van der Waals surface area contributed by atoms with Gasteiger partial charge in [0.05, 0.1) is 29.6 Å². The van der Waals surface area contributed by atoms with Gasteiger partial charge in [0.1, 0.15) is 5.75 Å². The van der Waals surface area contributed by atoms with E-state index < -0.39 is 46.5 Å². The average molecular weight is 592 g/mol. The number of allylic oxidation sites excluding steroid dienone is 2. The van der Waals surface area contributed by atoms with E-state index in [1.807, 2.05) is 79.7 Å². The zero-order valence-corrected chi connectivity index (χ0v) is 24.9. The van der Waals surface area contributed by atoms with Crippen LogP contribution in [0.3, 0.4) is 0 Å². The van der Waals surface area contributed by atoms with E-state index in [1.165, 1.54) is 16.4 Å². The minimum absolute atomic E-state index is 0.146. The molecule has 4 atom stereocenters. The van der Waals surface area contributed by atoms with Gasteiger partial charge in [-0.05, 0) is 67.2 Å². The number of rotatable bonds is 4. The lowest BCUT2D eigenvalue weighted by molar-refractivity contribution is -0.138. The van der Waals surface area contributed by atoms with Crippen molar-refractivity contribution in [2.45, 2.75) is 51.1 Å². The normalized spacial score (nSPS) is 24.0. The lowest BCUT2D eigenvalue weighted by Crippen LogP contribution is -2.53. The number of aryl methyl sites for hydroxylation is 3. The van der Waals surface area contributed by atoms with E-state index in [4.69, 9.17) is 0 Å². The molecule has 2 N–H and O–H groups in total. The van der Waals surface area contributed by atoms with Crippen molar-refractivity contribution in [3.63, 3.8) is 0 Å². The van der Waals surface area contributed by atoms with Gasteiger partial charge in [-0.2, -0.15) is 5.01 Å². The lowest BCUT2D eigenvalue weighted by Gasteiger charge is -2.49. The number of carbonyl (C=O) groups excluding carboxylic acids is 2. The number of aromatic nitrogens is 3. The fourth-order valence-corrected chi connectivity index (χ4v) is 7.65. The second kappa shape index (κ2) is 9.70. The molecular weight excluding hydrogens is 558 g/mol. The maximum atomic E-state index is 15.0. The fraction of sp³-hybridized carbons (Fsp3) is 0.294. The summed E-state index contributed by atoms with van der Waals surface area (Å²) in [5.41, 5.74) is 5.96. The molecule has 0 bridgehead atoms. The van der Waals surface area contributed by atoms with Crippen LogP contribution in [0.4, 0.5) is 5.69 Å². The van der Waals surface area contributed by atoms with E-state index >= 15 is 4.79 Å².